The molecule has 1 N–H and O–H groups in total. The van der Waals surface area contributed by atoms with E-state index in [0.717, 1.165) is 12.0 Å². The first-order valence-electron chi connectivity index (χ1n) is 13.3. The van der Waals surface area contributed by atoms with E-state index in [9.17, 15) is 18.0 Å². The molecule has 0 radical (unpaired) electrons. The minimum Gasteiger partial charge on any atom is -0.353 e. The summed E-state index contributed by atoms with van der Waals surface area (Å²) in [5.41, 5.74) is 1.02. The monoisotopic (exact) mass is 503 g/mol. The molecule has 2 heterocycles. The Morgan fingerprint density at radius 2 is 1.46 bits per heavy atom. The van der Waals surface area contributed by atoms with E-state index in [-0.39, 0.29) is 29.7 Å². The standard InChI is InChI=1S/C27H41N3O4S/c1-19-7-9-24(10-8-19)35(33,34)30-17-13-23(14-18-30)27(32)29-15-11-22(12-16-29)26(31)28-25-6-4-5-20(2)21(25)3/h7-10,20-23,25H,4-6,11-18H2,1-3H3,(H,28,31)/t20-,21+,25-/m1/s1. The largest absolute Gasteiger partial charge is 0.353 e. The van der Waals surface area contributed by atoms with Crippen molar-refractivity contribution in [3.63, 3.8) is 0 Å². The number of hydrogen-bond acceptors (Lipinski definition) is 4. The maximum absolute atomic E-state index is 13.1. The van der Waals surface area contributed by atoms with Gasteiger partial charge in [0.2, 0.25) is 21.8 Å². The zero-order valence-corrected chi connectivity index (χ0v) is 22.2. The lowest BCUT2D eigenvalue weighted by Crippen LogP contribution is -2.50. The van der Waals surface area contributed by atoms with Crippen molar-refractivity contribution in [3.8, 4) is 0 Å². The molecule has 3 atom stereocenters. The van der Waals surface area contributed by atoms with Crippen molar-refractivity contribution in [2.24, 2.45) is 23.7 Å². The number of carbonyl (C=O) groups is 2. The van der Waals surface area contributed by atoms with E-state index in [1.165, 1.54) is 17.1 Å². The normalized spacial score (nSPS) is 27.5. The number of rotatable bonds is 5. The summed E-state index contributed by atoms with van der Waals surface area (Å²) >= 11 is 0. The van der Waals surface area contributed by atoms with Gasteiger partial charge in [0.15, 0.2) is 0 Å². The molecule has 0 aromatic heterocycles. The van der Waals surface area contributed by atoms with Crippen LogP contribution in [0.15, 0.2) is 29.2 Å². The van der Waals surface area contributed by atoms with Crippen LogP contribution in [-0.2, 0) is 19.6 Å². The molecule has 3 aliphatic rings. The number of carbonyl (C=O) groups excluding carboxylic acids is 2. The number of likely N-dealkylation sites (tertiary alicyclic amines) is 1. The van der Waals surface area contributed by atoms with Gasteiger partial charge in [-0.3, -0.25) is 9.59 Å². The maximum Gasteiger partial charge on any atom is 0.243 e. The van der Waals surface area contributed by atoms with Crippen molar-refractivity contribution >= 4 is 21.8 Å². The summed E-state index contributed by atoms with van der Waals surface area (Å²) in [6.07, 6.45) is 5.97. The van der Waals surface area contributed by atoms with Gasteiger partial charge in [0, 0.05) is 44.1 Å². The van der Waals surface area contributed by atoms with Gasteiger partial charge in [0.05, 0.1) is 4.90 Å². The Kier molecular flexibility index (Phi) is 8.21. The number of piperidine rings is 2. The predicted octanol–water partition coefficient (Wildman–Crippen LogP) is 3.58. The second-order valence-electron chi connectivity index (χ2n) is 11.0. The van der Waals surface area contributed by atoms with Crippen LogP contribution < -0.4 is 5.32 Å². The Morgan fingerprint density at radius 3 is 2.09 bits per heavy atom. The minimum absolute atomic E-state index is 0.0232. The number of nitrogens with one attached hydrogen (secondary N) is 1. The number of hydrogen-bond donors (Lipinski definition) is 1. The Hall–Kier alpha value is -1.93. The molecule has 35 heavy (non-hydrogen) atoms. The summed E-state index contributed by atoms with van der Waals surface area (Å²) in [5.74, 6) is 1.25. The number of benzene rings is 1. The number of amides is 2. The van der Waals surface area contributed by atoms with Gasteiger partial charge in [-0.1, -0.05) is 44.4 Å². The van der Waals surface area contributed by atoms with Crippen molar-refractivity contribution in [2.75, 3.05) is 26.2 Å². The van der Waals surface area contributed by atoms with Crippen LogP contribution >= 0.6 is 0 Å². The molecule has 0 unspecified atom stereocenters. The summed E-state index contributed by atoms with van der Waals surface area (Å²) in [6, 6.07) is 7.19. The van der Waals surface area contributed by atoms with Crippen molar-refractivity contribution in [1.29, 1.82) is 0 Å². The van der Waals surface area contributed by atoms with Crippen LogP contribution in [0.25, 0.3) is 0 Å². The highest BCUT2D eigenvalue weighted by Gasteiger charge is 2.36. The fourth-order valence-corrected chi connectivity index (χ4v) is 7.38. The summed E-state index contributed by atoms with van der Waals surface area (Å²) in [6.45, 7) is 8.39. The number of sulfonamides is 1. The lowest BCUT2D eigenvalue weighted by Gasteiger charge is -2.38. The molecule has 7 nitrogen and oxygen atoms in total. The molecule has 2 aliphatic heterocycles. The number of aryl methyl sites for hydroxylation is 1. The van der Waals surface area contributed by atoms with Gasteiger partial charge in [0.1, 0.15) is 0 Å². The molecule has 0 bridgehead atoms. The molecule has 2 saturated heterocycles. The third-order valence-electron chi connectivity index (χ3n) is 8.67. The number of nitrogens with zero attached hydrogens (tertiary/aromatic N) is 2. The highest BCUT2D eigenvalue weighted by molar-refractivity contribution is 7.89. The van der Waals surface area contributed by atoms with Crippen LogP contribution in [0.4, 0.5) is 0 Å². The van der Waals surface area contributed by atoms with Gasteiger partial charge < -0.3 is 10.2 Å². The molecule has 2 amide bonds. The molecule has 8 heteroatoms. The van der Waals surface area contributed by atoms with E-state index in [1.54, 1.807) is 12.1 Å². The van der Waals surface area contributed by atoms with Crippen molar-refractivity contribution in [2.45, 2.75) is 76.7 Å². The molecule has 4 rings (SSSR count). The quantitative estimate of drug-likeness (QED) is 0.666. The highest BCUT2D eigenvalue weighted by atomic mass is 32.2. The fraction of sp³-hybridized carbons (Fsp3) is 0.704. The van der Waals surface area contributed by atoms with E-state index in [4.69, 9.17) is 0 Å². The maximum atomic E-state index is 13.1. The third kappa shape index (κ3) is 5.91. The Labute approximate surface area is 210 Å². The van der Waals surface area contributed by atoms with Gasteiger partial charge in [-0.15, -0.1) is 0 Å². The molecule has 1 aromatic rings. The fourth-order valence-electron chi connectivity index (χ4n) is 5.91. The minimum atomic E-state index is -3.53. The second kappa shape index (κ2) is 11.0. The smallest absolute Gasteiger partial charge is 0.243 e. The van der Waals surface area contributed by atoms with Crippen molar-refractivity contribution in [1.82, 2.24) is 14.5 Å². The molecule has 1 aromatic carbocycles. The lowest BCUT2D eigenvalue weighted by molar-refractivity contribution is -0.140. The Balaban J connectivity index is 1.24. The molecule has 1 aliphatic carbocycles. The van der Waals surface area contributed by atoms with Crippen LogP contribution in [0.3, 0.4) is 0 Å². The van der Waals surface area contributed by atoms with Crippen LogP contribution in [0.1, 0.15) is 64.4 Å². The Morgan fingerprint density at radius 1 is 0.857 bits per heavy atom. The molecular formula is C27H41N3O4S. The third-order valence-corrected chi connectivity index (χ3v) is 10.6. The van der Waals surface area contributed by atoms with Crippen LogP contribution in [0.5, 0.6) is 0 Å². The van der Waals surface area contributed by atoms with Crippen LogP contribution in [0.2, 0.25) is 0 Å². The average Bonchev–Trinajstić information content (AvgIpc) is 2.87. The van der Waals surface area contributed by atoms with Gasteiger partial charge in [0.25, 0.3) is 0 Å². The van der Waals surface area contributed by atoms with E-state index in [2.05, 4.69) is 19.2 Å². The van der Waals surface area contributed by atoms with Crippen LogP contribution in [0, 0.1) is 30.6 Å². The SMILES string of the molecule is Cc1ccc(S(=O)(=O)N2CCC(C(=O)N3CCC(C(=O)N[C@@H]4CCC[C@@H](C)[C@@H]4C)CC3)CC2)cc1. The summed E-state index contributed by atoms with van der Waals surface area (Å²) < 4.78 is 27.4. The van der Waals surface area contributed by atoms with Crippen molar-refractivity contribution < 1.29 is 18.0 Å². The molecule has 0 spiro atoms. The molecular weight excluding hydrogens is 462 g/mol. The van der Waals surface area contributed by atoms with E-state index in [1.807, 2.05) is 24.0 Å². The highest BCUT2D eigenvalue weighted by Crippen LogP contribution is 2.31. The zero-order valence-electron chi connectivity index (χ0n) is 21.4. The second-order valence-corrected chi connectivity index (χ2v) is 12.9. The van der Waals surface area contributed by atoms with Crippen LogP contribution in [-0.4, -0.2) is 61.7 Å². The molecule has 194 valence electrons. The Bertz CT molecular complexity index is 994. The average molecular weight is 504 g/mol. The zero-order chi connectivity index (χ0) is 25.2. The summed E-state index contributed by atoms with van der Waals surface area (Å²) in [7, 11) is -3.53. The van der Waals surface area contributed by atoms with E-state index >= 15 is 0 Å². The predicted molar refractivity (Wildman–Crippen MR) is 136 cm³/mol. The first kappa shape index (κ1) is 26.1. The van der Waals surface area contributed by atoms with Gasteiger partial charge in [-0.2, -0.15) is 4.31 Å². The van der Waals surface area contributed by atoms with E-state index in [0.29, 0.717) is 68.6 Å². The topological polar surface area (TPSA) is 86.8 Å². The van der Waals surface area contributed by atoms with Gasteiger partial charge in [-0.25, -0.2) is 8.42 Å². The molecule has 1 saturated carbocycles. The summed E-state index contributed by atoms with van der Waals surface area (Å²) in [4.78, 5) is 28.2. The summed E-state index contributed by atoms with van der Waals surface area (Å²) in [5, 5.41) is 3.31. The van der Waals surface area contributed by atoms with Crippen molar-refractivity contribution in [3.05, 3.63) is 29.8 Å². The first-order valence-corrected chi connectivity index (χ1v) is 14.8. The van der Waals surface area contributed by atoms with Gasteiger partial charge in [-0.05, 0) is 63.0 Å². The first-order chi connectivity index (χ1) is 16.7. The van der Waals surface area contributed by atoms with Gasteiger partial charge >= 0.3 is 0 Å². The lowest BCUT2D eigenvalue weighted by atomic mass is 9.78. The molecule has 3 fully saturated rings. The van der Waals surface area contributed by atoms with E-state index < -0.39 is 10.0 Å².